The maximum absolute atomic E-state index is 12.9. The first-order valence-corrected chi connectivity index (χ1v) is 9.70. The van der Waals surface area contributed by atoms with Crippen molar-refractivity contribution in [3.63, 3.8) is 0 Å². The molecule has 0 spiro atoms. The van der Waals surface area contributed by atoms with E-state index in [-0.39, 0.29) is 12.0 Å². The molecule has 1 amide bonds. The van der Waals surface area contributed by atoms with Crippen LogP contribution in [-0.2, 0) is 4.79 Å². The summed E-state index contributed by atoms with van der Waals surface area (Å²) in [6.45, 7) is 0. The van der Waals surface area contributed by atoms with E-state index in [4.69, 9.17) is 0 Å². The summed E-state index contributed by atoms with van der Waals surface area (Å²) in [7, 11) is 0. The highest BCUT2D eigenvalue weighted by molar-refractivity contribution is 5.79. The molecule has 0 heterocycles. The summed E-state index contributed by atoms with van der Waals surface area (Å²) in [5, 5.41) is 3.45. The second kappa shape index (κ2) is 8.52. The topological polar surface area (TPSA) is 29.1 Å². The van der Waals surface area contributed by atoms with Crippen LogP contribution in [0.2, 0.25) is 0 Å². The molecule has 3 rings (SSSR count). The van der Waals surface area contributed by atoms with Crippen LogP contribution in [-0.4, -0.2) is 5.91 Å². The number of hydrogen-bond acceptors (Lipinski definition) is 1. The van der Waals surface area contributed by atoms with Gasteiger partial charge >= 0.3 is 0 Å². The highest BCUT2D eigenvalue weighted by Gasteiger charge is 2.29. The molecular weight excluding hydrogens is 282 g/mol. The predicted molar refractivity (Wildman–Crippen MR) is 95.1 cm³/mol. The Kier molecular flexibility index (Phi) is 6.13. The van der Waals surface area contributed by atoms with Crippen LogP contribution in [0.3, 0.4) is 0 Å². The molecule has 2 aliphatic carbocycles. The van der Waals surface area contributed by atoms with E-state index in [9.17, 15) is 4.79 Å². The molecule has 0 aliphatic heterocycles. The average molecular weight is 313 g/mol. The fraction of sp³-hybridized carbons (Fsp3) is 0.667. The second-order valence-electron chi connectivity index (χ2n) is 7.48. The first-order valence-electron chi connectivity index (χ1n) is 9.70. The van der Waals surface area contributed by atoms with Crippen LogP contribution >= 0.6 is 0 Å². The zero-order chi connectivity index (χ0) is 15.9. The Morgan fingerprint density at radius 3 is 2.04 bits per heavy atom. The SMILES string of the molecule is O=C(NC(c1ccccc1)C1CCCC1)C1CCCCCCC1. The van der Waals surface area contributed by atoms with E-state index in [1.165, 1.54) is 63.4 Å². The molecule has 1 aromatic carbocycles. The number of rotatable bonds is 4. The molecule has 23 heavy (non-hydrogen) atoms. The molecule has 0 bridgehead atoms. The quantitative estimate of drug-likeness (QED) is 0.793. The van der Waals surface area contributed by atoms with Crippen molar-refractivity contribution in [1.29, 1.82) is 0 Å². The van der Waals surface area contributed by atoms with Crippen molar-refractivity contribution in [3.8, 4) is 0 Å². The van der Waals surface area contributed by atoms with Gasteiger partial charge in [-0.05, 0) is 37.2 Å². The van der Waals surface area contributed by atoms with Gasteiger partial charge in [0, 0.05) is 5.92 Å². The van der Waals surface area contributed by atoms with Crippen molar-refractivity contribution in [2.45, 2.75) is 76.7 Å². The van der Waals surface area contributed by atoms with Crippen molar-refractivity contribution in [2.24, 2.45) is 11.8 Å². The molecule has 2 saturated carbocycles. The molecule has 2 aliphatic rings. The van der Waals surface area contributed by atoms with Gasteiger partial charge in [0.2, 0.25) is 5.91 Å². The van der Waals surface area contributed by atoms with Crippen molar-refractivity contribution in [1.82, 2.24) is 5.32 Å². The standard InChI is InChI=1S/C21H31NO/c23-21(19-15-5-2-1-3-6-16-19)22-20(18-13-9-10-14-18)17-11-7-4-8-12-17/h4,7-8,11-12,18-20H,1-3,5-6,9-10,13-16H2,(H,22,23). The number of nitrogens with one attached hydrogen (secondary N) is 1. The lowest BCUT2D eigenvalue weighted by Gasteiger charge is -2.28. The average Bonchev–Trinajstić information content (AvgIpc) is 3.07. The minimum absolute atomic E-state index is 0.219. The molecule has 1 unspecified atom stereocenters. The number of carbonyl (C=O) groups excluding carboxylic acids is 1. The van der Waals surface area contributed by atoms with Gasteiger partial charge in [0.05, 0.1) is 6.04 Å². The van der Waals surface area contributed by atoms with E-state index in [1.807, 2.05) is 0 Å². The molecule has 2 fully saturated rings. The summed E-state index contributed by atoms with van der Waals surface area (Å²) in [5.41, 5.74) is 1.29. The van der Waals surface area contributed by atoms with Crippen LogP contribution in [0.1, 0.15) is 82.2 Å². The van der Waals surface area contributed by atoms with E-state index in [0.29, 0.717) is 11.8 Å². The molecule has 0 aromatic heterocycles. The Labute approximate surface area is 141 Å². The largest absolute Gasteiger partial charge is 0.349 e. The molecule has 126 valence electrons. The fourth-order valence-corrected chi connectivity index (χ4v) is 4.41. The molecule has 2 heteroatoms. The zero-order valence-corrected chi connectivity index (χ0v) is 14.3. The van der Waals surface area contributed by atoms with Gasteiger partial charge in [-0.1, -0.05) is 75.3 Å². The lowest BCUT2D eigenvalue weighted by atomic mass is 9.88. The fourth-order valence-electron chi connectivity index (χ4n) is 4.41. The first-order chi connectivity index (χ1) is 11.3. The van der Waals surface area contributed by atoms with Crippen LogP contribution in [0.15, 0.2) is 30.3 Å². The highest BCUT2D eigenvalue weighted by atomic mass is 16.1. The Morgan fingerprint density at radius 1 is 0.826 bits per heavy atom. The van der Waals surface area contributed by atoms with Crippen molar-refractivity contribution >= 4 is 5.91 Å². The Balaban J connectivity index is 1.68. The van der Waals surface area contributed by atoms with Crippen molar-refractivity contribution < 1.29 is 4.79 Å². The van der Waals surface area contributed by atoms with Crippen molar-refractivity contribution in [3.05, 3.63) is 35.9 Å². The molecule has 0 saturated heterocycles. The monoisotopic (exact) mass is 313 g/mol. The van der Waals surface area contributed by atoms with Crippen LogP contribution < -0.4 is 5.32 Å². The van der Waals surface area contributed by atoms with E-state index in [0.717, 1.165) is 12.8 Å². The Morgan fingerprint density at radius 2 is 1.39 bits per heavy atom. The lowest BCUT2D eigenvalue weighted by molar-refractivity contribution is -0.126. The third-order valence-electron chi connectivity index (χ3n) is 5.80. The minimum Gasteiger partial charge on any atom is -0.349 e. The zero-order valence-electron chi connectivity index (χ0n) is 14.3. The van der Waals surface area contributed by atoms with Gasteiger partial charge in [0.1, 0.15) is 0 Å². The van der Waals surface area contributed by atoms with E-state index in [2.05, 4.69) is 35.6 Å². The molecule has 2 nitrogen and oxygen atoms in total. The molecule has 1 aromatic rings. The summed E-state index contributed by atoms with van der Waals surface area (Å²) in [6.07, 6.45) is 13.7. The molecule has 0 radical (unpaired) electrons. The third-order valence-corrected chi connectivity index (χ3v) is 5.80. The van der Waals surface area contributed by atoms with E-state index < -0.39 is 0 Å². The summed E-state index contributed by atoms with van der Waals surface area (Å²) in [4.78, 5) is 12.9. The maximum Gasteiger partial charge on any atom is 0.223 e. The number of amides is 1. The van der Waals surface area contributed by atoms with Gasteiger partial charge < -0.3 is 5.32 Å². The van der Waals surface area contributed by atoms with Crippen LogP contribution in [0.5, 0.6) is 0 Å². The summed E-state index contributed by atoms with van der Waals surface area (Å²) in [6, 6.07) is 10.8. The van der Waals surface area contributed by atoms with Gasteiger partial charge in [0.25, 0.3) is 0 Å². The molecule has 1 atom stereocenters. The van der Waals surface area contributed by atoms with Crippen LogP contribution in [0.4, 0.5) is 0 Å². The smallest absolute Gasteiger partial charge is 0.223 e. The van der Waals surface area contributed by atoms with Crippen LogP contribution in [0, 0.1) is 11.8 Å². The number of hydrogen-bond donors (Lipinski definition) is 1. The summed E-state index contributed by atoms with van der Waals surface area (Å²) >= 11 is 0. The highest BCUT2D eigenvalue weighted by Crippen LogP contribution is 2.36. The third kappa shape index (κ3) is 4.59. The van der Waals surface area contributed by atoms with Gasteiger partial charge in [-0.25, -0.2) is 0 Å². The second-order valence-corrected chi connectivity index (χ2v) is 7.48. The lowest BCUT2D eigenvalue weighted by Crippen LogP contribution is -2.37. The Hall–Kier alpha value is -1.31. The maximum atomic E-state index is 12.9. The van der Waals surface area contributed by atoms with Crippen LogP contribution in [0.25, 0.3) is 0 Å². The van der Waals surface area contributed by atoms with Gasteiger partial charge in [0.15, 0.2) is 0 Å². The first kappa shape index (κ1) is 16.5. The summed E-state index contributed by atoms with van der Waals surface area (Å²) in [5.74, 6) is 1.17. The Bertz CT molecular complexity index is 470. The normalized spacial score (nSPS) is 22.3. The molecule has 1 N–H and O–H groups in total. The predicted octanol–water partition coefficient (Wildman–Crippen LogP) is 5.39. The summed E-state index contributed by atoms with van der Waals surface area (Å²) < 4.78 is 0. The van der Waals surface area contributed by atoms with Gasteiger partial charge in [-0.2, -0.15) is 0 Å². The van der Waals surface area contributed by atoms with Crippen molar-refractivity contribution in [2.75, 3.05) is 0 Å². The minimum atomic E-state index is 0.219. The number of benzene rings is 1. The number of carbonyl (C=O) groups is 1. The van der Waals surface area contributed by atoms with Gasteiger partial charge in [-0.15, -0.1) is 0 Å². The van der Waals surface area contributed by atoms with Gasteiger partial charge in [-0.3, -0.25) is 4.79 Å². The van der Waals surface area contributed by atoms with E-state index in [1.54, 1.807) is 0 Å². The molecular formula is C21H31NO. The van der Waals surface area contributed by atoms with E-state index >= 15 is 0 Å².